The van der Waals surface area contributed by atoms with Crippen molar-refractivity contribution >= 4 is 11.9 Å². The van der Waals surface area contributed by atoms with Gasteiger partial charge in [0, 0.05) is 5.56 Å². The van der Waals surface area contributed by atoms with Gasteiger partial charge in [0.05, 0.1) is 11.1 Å². The van der Waals surface area contributed by atoms with E-state index in [1.165, 1.54) is 42.0 Å². The predicted molar refractivity (Wildman–Crippen MR) is 184 cm³/mol. The molecule has 0 saturated heterocycles. The molecule has 4 nitrogen and oxygen atoms in total. The molecule has 0 aliphatic rings. The maximum absolute atomic E-state index is 13.0. The summed E-state index contributed by atoms with van der Waals surface area (Å²) in [6, 6.07) is 16.4. The number of carboxylic acids is 2. The second-order valence-corrected chi connectivity index (χ2v) is 12.3. The van der Waals surface area contributed by atoms with Crippen LogP contribution in [-0.2, 0) is 25.7 Å². The van der Waals surface area contributed by atoms with E-state index in [0.717, 1.165) is 106 Å². The Morgan fingerprint density at radius 2 is 0.932 bits per heavy atom. The van der Waals surface area contributed by atoms with Crippen molar-refractivity contribution < 1.29 is 19.8 Å². The Bertz CT molecular complexity index is 1370. The van der Waals surface area contributed by atoms with Gasteiger partial charge >= 0.3 is 11.9 Å². The van der Waals surface area contributed by atoms with Gasteiger partial charge in [-0.05, 0) is 96.4 Å². The van der Waals surface area contributed by atoms with Crippen molar-refractivity contribution in [1.82, 2.24) is 0 Å². The number of benzene rings is 3. The molecule has 0 spiro atoms. The summed E-state index contributed by atoms with van der Waals surface area (Å²) < 4.78 is 0. The second-order valence-electron chi connectivity index (χ2n) is 12.3. The first-order valence-corrected chi connectivity index (χ1v) is 17.2. The van der Waals surface area contributed by atoms with Crippen molar-refractivity contribution in [2.24, 2.45) is 0 Å². The summed E-state index contributed by atoms with van der Waals surface area (Å²) >= 11 is 0. The number of rotatable bonds is 20. The molecule has 0 atom stereocenters. The first-order valence-electron chi connectivity index (χ1n) is 17.2. The third-order valence-corrected chi connectivity index (χ3v) is 8.79. The maximum Gasteiger partial charge on any atom is 0.337 e. The molecule has 0 radical (unpaired) electrons. The second kappa shape index (κ2) is 18.4. The molecule has 0 aliphatic heterocycles. The van der Waals surface area contributed by atoms with E-state index < -0.39 is 11.9 Å². The van der Waals surface area contributed by atoms with Gasteiger partial charge in [-0.25, -0.2) is 9.59 Å². The van der Waals surface area contributed by atoms with Gasteiger partial charge in [0.25, 0.3) is 0 Å². The Morgan fingerprint density at radius 3 is 1.39 bits per heavy atom. The summed E-state index contributed by atoms with van der Waals surface area (Å²) in [6.07, 6.45) is 17.3. The van der Waals surface area contributed by atoms with Crippen LogP contribution in [0, 0.1) is 0 Å². The monoisotopic (exact) mass is 598 g/mol. The molecular weight excluding hydrogens is 544 g/mol. The van der Waals surface area contributed by atoms with Crippen LogP contribution in [-0.4, -0.2) is 22.2 Å². The minimum absolute atomic E-state index is 0.114. The van der Waals surface area contributed by atoms with Gasteiger partial charge in [-0.1, -0.05) is 122 Å². The summed E-state index contributed by atoms with van der Waals surface area (Å²) in [7, 11) is 0. The summed E-state index contributed by atoms with van der Waals surface area (Å²) in [5, 5.41) is 20.7. The van der Waals surface area contributed by atoms with Gasteiger partial charge in [-0.3, -0.25) is 0 Å². The number of hydrogen-bond donors (Lipinski definition) is 2. The Labute approximate surface area is 265 Å². The van der Waals surface area contributed by atoms with Crippen LogP contribution < -0.4 is 0 Å². The molecule has 0 aromatic heterocycles. The van der Waals surface area contributed by atoms with E-state index in [1.807, 2.05) is 6.07 Å². The number of carbonyl (C=O) groups is 2. The molecule has 238 valence electrons. The highest BCUT2D eigenvalue weighted by atomic mass is 16.4. The molecule has 3 aromatic rings. The maximum atomic E-state index is 13.0. The lowest BCUT2D eigenvalue weighted by atomic mass is 9.82. The average molecular weight is 599 g/mol. The molecule has 0 heterocycles. The first kappa shape index (κ1) is 35.1. The average Bonchev–Trinajstić information content (AvgIpc) is 3.01. The van der Waals surface area contributed by atoms with Crippen molar-refractivity contribution in [3.05, 3.63) is 81.9 Å². The van der Waals surface area contributed by atoms with Gasteiger partial charge in [0.1, 0.15) is 0 Å². The number of hydrogen-bond acceptors (Lipinski definition) is 2. The minimum atomic E-state index is -1.21. The Kier molecular flexibility index (Phi) is 14.7. The zero-order valence-corrected chi connectivity index (χ0v) is 27.6. The smallest absolute Gasteiger partial charge is 0.337 e. The van der Waals surface area contributed by atoms with Gasteiger partial charge < -0.3 is 10.2 Å². The SMILES string of the molecule is CCCCCc1ccc(-c2ccc(C(=O)O)c(C(=O)O)c2-c2ccc(CCCCC)cc2CCCCC)c(CCCCC)c1. The zero-order chi connectivity index (χ0) is 31.9. The Hall–Kier alpha value is -3.40. The largest absolute Gasteiger partial charge is 0.478 e. The molecule has 2 N–H and O–H groups in total. The highest BCUT2D eigenvalue weighted by Crippen LogP contribution is 2.41. The van der Waals surface area contributed by atoms with Gasteiger partial charge in [-0.15, -0.1) is 0 Å². The van der Waals surface area contributed by atoms with Crippen LogP contribution in [0.25, 0.3) is 22.3 Å². The van der Waals surface area contributed by atoms with Crippen molar-refractivity contribution in [2.75, 3.05) is 0 Å². The van der Waals surface area contributed by atoms with Crippen LogP contribution in [0.15, 0.2) is 48.5 Å². The van der Waals surface area contributed by atoms with Crippen LogP contribution in [0.5, 0.6) is 0 Å². The van der Waals surface area contributed by atoms with Crippen LogP contribution >= 0.6 is 0 Å². The molecule has 3 aromatic carbocycles. The van der Waals surface area contributed by atoms with Crippen molar-refractivity contribution in [3.8, 4) is 22.3 Å². The molecule has 3 rings (SSSR count). The first-order chi connectivity index (χ1) is 21.4. The quantitative estimate of drug-likeness (QED) is 0.127. The van der Waals surface area contributed by atoms with Crippen LogP contribution in [0.1, 0.15) is 148 Å². The number of unbranched alkanes of at least 4 members (excludes halogenated alkanes) is 8. The molecule has 0 saturated carbocycles. The molecule has 44 heavy (non-hydrogen) atoms. The van der Waals surface area contributed by atoms with E-state index in [1.54, 1.807) is 0 Å². The summed E-state index contributed by atoms with van der Waals surface area (Å²) in [5.74, 6) is -2.41. The minimum Gasteiger partial charge on any atom is -0.478 e. The van der Waals surface area contributed by atoms with Gasteiger partial charge in [-0.2, -0.15) is 0 Å². The Morgan fingerprint density at radius 1 is 0.500 bits per heavy atom. The van der Waals surface area contributed by atoms with E-state index in [-0.39, 0.29) is 11.1 Å². The fourth-order valence-electron chi connectivity index (χ4n) is 6.32. The van der Waals surface area contributed by atoms with Gasteiger partial charge in [0.2, 0.25) is 0 Å². The molecular formula is C40H54O4. The normalized spacial score (nSPS) is 11.2. The molecule has 0 fully saturated rings. The summed E-state index contributed by atoms with van der Waals surface area (Å²) in [4.78, 5) is 25.4. The fraction of sp³-hybridized carbons (Fsp3) is 0.500. The summed E-state index contributed by atoms with van der Waals surface area (Å²) in [5.41, 5.74) is 7.85. The highest BCUT2D eigenvalue weighted by molar-refractivity contribution is 6.10. The lowest BCUT2D eigenvalue weighted by molar-refractivity contribution is 0.0652. The summed E-state index contributed by atoms with van der Waals surface area (Å²) in [6.45, 7) is 8.81. The van der Waals surface area contributed by atoms with Crippen LogP contribution in [0.4, 0.5) is 0 Å². The van der Waals surface area contributed by atoms with E-state index in [9.17, 15) is 19.8 Å². The van der Waals surface area contributed by atoms with Crippen LogP contribution in [0.2, 0.25) is 0 Å². The van der Waals surface area contributed by atoms with Crippen molar-refractivity contribution in [2.45, 2.75) is 130 Å². The highest BCUT2D eigenvalue weighted by Gasteiger charge is 2.27. The molecule has 0 bridgehead atoms. The fourth-order valence-corrected chi connectivity index (χ4v) is 6.32. The van der Waals surface area contributed by atoms with E-state index >= 15 is 0 Å². The molecule has 0 unspecified atom stereocenters. The zero-order valence-electron chi connectivity index (χ0n) is 27.6. The topological polar surface area (TPSA) is 74.6 Å². The van der Waals surface area contributed by atoms with E-state index in [4.69, 9.17) is 0 Å². The van der Waals surface area contributed by atoms with Crippen LogP contribution in [0.3, 0.4) is 0 Å². The third kappa shape index (κ3) is 9.55. The van der Waals surface area contributed by atoms with E-state index in [2.05, 4.69) is 64.1 Å². The number of aryl methyl sites for hydroxylation is 4. The molecule has 0 aliphatic carbocycles. The lowest BCUT2D eigenvalue weighted by Gasteiger charge is -2.21. The van der Waals surface area contributed by atoms with E-state index in [0.29, 0.717) is 5.56 Å². The standard InChI is InChI=1S/C40H54O4/c1-5-9-13-17-29-21-23-33(31(27-29)19-15-11-7-3)35-25-26-36(39(41)42)38(40(43)44)37(35)34-24-22-30(18-14-10-6-2)28-32(34)20-16-12-8-4/h21-28H,5-20H2,1-4H3,(H,41,42)(H,43,44). The molecule has 4 heteroatoms. The number of carboxylic acid groups (broad SMARTS) is 2. The third-order valence-electron chi connectivity index (χ3n) is 8.79. The van der Waals surface area contributed by atoms with Crippen molar-refractivity contribution in [1.29, 1.82) is 0 Å². The molecule has 0 amide bonds. The lowest BCUT2D eigenvalue weighted by Crippen LogP contribution is -2.12. The predicted octanol–water partition coefficient (Wildman–Crippen LogP) is 11.3. The number of aromatic carboxylic acids is 2. The van der Waals surface area contributed by atoms with Crippen molar-refractivity contribution in [3.63, 3.8) is 0 Å². The Balaban J connectivity index is 2.31. The van der Waals surface area contributed by atoms with Gasteiger partial charge in [0.15, 0.2) is 0 Å².